The molecule has 1 fully saturated rings. The van der Waals surface area contributed by atoms with Crippen molar-refractivity contribution in [2.24, 2.45) is 0 Å². The van der Waals surface area contributed by atoms with Crippen molar-refractivity contribution in [2.75, 3.05) is 31.6 Å². The number of ether oxygens (including phenoxy) is 1. The van der Waals surface area contributed by atoms with Gasteiger partial charge >= 0.3 is 5.69 Å². The van der Waals surface area contributed by atoms with Gasteiger partial charge in [-0.25, -0.2) is 9.78 Å². The number of carbonyl (C=O) groups is 1. The van der Waals surface area contributed by atoms with Crippen molar-refractivity contribution in [3.63, 3.8) is 0 Å². The number of nitrogens with one attached hydrogen (secondary N) is 2. The lowest BCUT2D eigenvalue weighted by molar-refractivity contribution is -0.111. The van der Waals surface area contributed by atoms with Gasteiger partial charge in [0, 0.05) is 67.3 Å². The van der Waals surface area contributed by atoms with E-state index in [-0.39, 0.29) is 5.91 Å². The second kappa shape index (κ2) is 9.92. The Morgan fingerprint density at radius 1 is 1.16 bits per heavy atom. The summed E-state index contributed by atoms with van der Waals surface area (Å²) in [4.78, 5) is 36.3. The standard InChI is InChI=1S/C23H23N5O3/c29-22(27-20-4-1-17(2-5-20)16-28-9-11-31-12-10-28)6-3-18-13-24-8-7-21(18)19-14-25-23(30)26-15-19/h1-8,13-15H,9-12,16H2,(H,27,29)(H,25,26,30). The van der Waals surface area contributed by atoms with Gasteiger partial charge < -0.3 is 15.0 Å². The fourth-order valence-electron chi connectivity index (χ4n) is 3.35. The van der Waals surface area contributed by atoms with Crippen LogP contribution in [0.3, 0.4) is 0 Å². The largest absolute Gasteiger partial charge is 0.379 e. The van der Waals surface area contributed by atoms with Crippen molar-refractivity contribution in [1.82, 2.24) is 19.9 Å². The van der Waals surface area contributed by atoms with Crippen LogP contribution in [0, 0.1) is 0 Å². The van der Waals surface area contributed by atoms with Gasteiger partial charge in [-0.3, -0.25) is 14.7 Å². The lowest BCUT2D eigenvalue weighted by Crippen LogP contribution is -2.35. The number of hydrogen-bond donors (Lipinski definition) is 2. The molecule has 0 radical (unpaired) electrons. The zero-order valence-corrected chi connectivity index (χ0v) is 17.0. The van der Waals surface area contributed by atoms with E-state index < -0.39 is 5.69 Å². The highest BCUT2D eigenvalue weighted by atomic mass is 16.5. The molecular formula is C23H23N5O3. The molecule has 158 valence electrons. The maximum absolute atomic E-state index is 12.4. The number of nitrogens with zero attached hydrogens (tertiary/aromatic N) is 3. The number of hydrogen-bond acceptors (Lipinski definition) is 6. The molecule has 3 aromatic rings. The molecule has 0 aliphatic carbocycles. The number of aromatic amines is 1. The molecule has 4 rings (SSSR count). The summed E-state index contributed by atoms with van der Waals surface area (Å²) >= 11 is 0. The molecule has 3 heterocycles. The quantitative estimate of drug-likeness (QED) is 0.597. The lowest BCUT2D eigenvalue weighted by Gasteiger charge is -2.26. The molecule has 0 unspecified atom stereocenters. The molecule has 8 heteroatoms. The molecule has 0 atom stereocenters. The second-order valence-corrected chi connectivity index (χ2v) is 7.18. The van der Waals surface area contributed by atoms with Gasteiger partial charge in [0.2, 0.25) is 5.91 Å². The molecular weight excluding hydrogens is 394 g/mol. The number of amides is 1. The van der Waals surface area contributed by atoms with Gasteiger partial charge in [0.25, 0.3) is 0 Å². The minimum absolute atomic E-state index is 0.240. The summed E-state index contributed by atoms with van der Waals surface area (Å²) in [6.07, 6.45) is 9.53. The first-order chi connectivity index (χ1) is 15.2. The van der Waals surface area contributed by atoms with Gasteiger partial charge in [0.05, 0.1) is 13.2 Å². The maximum Gasteiger partial charge on any atom is 0.344 e. The van der Waals surface area contributed by atoms with E-state index in [0.29, 0.717) is 0 Å². The average Bonchev–Trinajstić information content (AvgIpc) is 2.80. The van der Waals surface area contributed by atoms with E-state index in [1.54, 1.807) is 30.7 Å². The van der Waals surface area contributed by atoms with Gasteiger partial charge in [0.1, 0.15) is 0 Å². The molecule has 1 amide bonds. The topological polar surface area (TPSA) is 100 Å². The highest BCUT2D eigenvalue weighted by Crippen LogP contribution is 2.22. The maximum atomic E-state index is 12.4. The normalized spacial score (nSPS) is 14.6. The fourth-order valence-corrected chi connectivity index (χ4v) is 3.35. The van der Waals surface area contributed by atoms with Crippen LogP contribution in [0.4, 0.5) is 5.69 Å². The third-order valence-electron chi connectivity index (χ3n) is 4.98. The van der Waals surface area contributed by atoms with Gasteiger partial charge in [-0.1, -0.05) is 12.1 Å². The van der Waals surface area contributed by atoms with Crippen LogP contribution in [0.25, 0.3) is 17.2 Å². The van der Waals surface area contributed by atoms with E-state index in [9.17, 15) is 9.59 Å². The molecule has 2 N–H and O–H groups in total. The molecule has 8 nitrogen and oxygen atoms in total. The van der Waals surface area contributed by atoms with Gasteiger partial charge in [-0.05, 0) is 35.4 Å². The molecule has 1 aromatic carbocycles. The van der Waals surface area contributed by atoms with Crippen LogP contribution in [-0.4, -0.2) is 52.1 Å². The summed E-state index contributed by atoms with van der Waals surface area (Å²) in [6.45, 7) is 4.31. The zero-order chi connectivity index (χ0) is 21.5. The predicted octanol–water partition coefficient (Wildman–Crippen LogP) is 2.32. The summed E-state index contributed by atoms with van der Waals surface area (Å²) < 4.78 is 5.38. The van der Waals surface area contributed by atoms with Crippen LogP contribution < -0.4 is 11.0 Å². The average molecular weight is 417 g/mol. The van der Waals surface area contributed by atoms with Crippen LogP contribution in [-0.2, 0) is 16.1 Å². The minimum atomic E-state index is -0.412. The third-order valence-corrected chi connectivity index (χ3v) is 4.98. The Morgan fingerprint density at radius 2 is 1.97 bits per heavy atom. The first-order valence-electron chi connectivity index (χ1n) is 10.0. The predicted molar refractivity (Wildman–Crippen MR) is 118 cm³/mol. The smallest absolute Gasteiger partial charge is 0.344 e. The van der Waals surface area contributed by atoms with Crippen LogP contribution in [0.15, 0.2) is 66.0 Å². The minimum Gasteiger partial charge on any atom is -0.379 e. The van der Waals surface area contributed by atoms with Crippen molar-refractivity contribution in [1.29, 1.82) is 0 Å². The number of benzene rings is 1. The van der Waals surface area contributed by atoms with Crippen LogP contribution in [0.5, 0.6) is 0 Å². The van der Waals surface area contributed by atoms with Crippen molar-refractivity contribution in [2.45, 2.75) is 6.54 Å². The fraction of sp³-hybridized carbons (Fsp3) is 0.217. The van der Waals surface area contributed by atoms with Crippen molar-refractivity contribution >= 4 is 17.7 Å². The zero-order valence-electron chi connectivity index (χ0n) is 17.0. The van der Waals surface area contributed by atoms with Crippen molar-refractivity contribution < 1.29 is 9.53 Å². The molecule has 0 saturated carbocycles. The highest BCUT2D eigenvalue weighted by molar-refractivity contribution is 6.02. The van der Waals surface area contributed by atoms with E-state index in [4.69, 9.17) is 4.74 Å². The summed E-state index contributed by atoms with van der Waals surface area (Å²) in [5.74, 6) is -0.240. The Labute approximate surface area is 179 Å². The molecule has 0 spiro atoms. The Balaban J connectivity index is 1.39. The SMILES string of the molecule is O=C(C=Cc1cnccc1-c1cnc(=O)[nH]c1)Nc1ccc(CN2CCOCC2)cc1. The number of pyridine rings is 1. The number of anilines is 1. The number of aromatic nitrogens is 3. The van der Waals surface area contributed by atoms with Crippen molar-refractivity contribution in [3.05, 3.63) is 82.8 Å². The molecule has 1 aliphatic rings. The Bertz CT molecular complexity index is 1100. The number of rotatable bonds is 6. The van der Waals surface area contributed by atoms with Crippen LogP contribution in [0.1, 0.15) is 11.1 Å². The molecule has 1 aliphatic heterocycles. The van der Waals surface area contributed by atoms with Crippen LogP contribution >= 0.6 is 0 Å². The van der Waals surface area contributed by atoms with E-state index in [1.807, 2.05) is 24.3 Å². The third kappa shape index (κ3) is 5.71. The van der Waals surface area contributed by atoms with E-state index in [2.05, 4.69) is 25.2 Å². The molecule has 2 aromatic heterocycles. The summed E-state index contributed by atoms with van der Waals surface area (Å²) in [6, 6.07) is 9.67. The highest BCUT2D eigenvalue weighted by Gasteiger charge is 2.10. The second-order valence-electron chi connectivity index (χ2n) is 7.18. The van der Waals surface area contributed by atoms with Crippen LogP contribution in [0.2, 0.25) is 0 Å². The first kappa shape index (κ1) is 20.6. The van der Waals surface area contributed by atoms with Gasteiger partial charge in [-0.15, -0.1) is 0 Å². The Hall–Kier alpha value is -3.62. The summed E-state index contributed by atoms with van der Waals surface area (Å²) in [7, 11) is 0. The summed E-state index contributed by atoms with van der Waals surface area (Å²) in [5, 5.41) is 2.87. The first-order valence-corrected chi connectivity index (χ1v) is 10.0. The van der Waals surface area contributed by atoms with Crippen molar-refractivity contribution in [3.8, 4) is 11.1 Å². The molecule has 31 heavy (non-hydrogen) atoms. The lowest BCUT2D eigenvalue weighted by atomic mass is 10.0. The van der Waals surface area contributed by atoms with Gasteiger partial charge in [0.15, 0.2) is 0 Å². The molecule has 0 bridgehead atoms. The van der Waals surface area contributed by atoms with E-state index in [1.165, 1.54) is 17.8 Å². The Morgan fingerprint density at radius 3 is 2.71 bits per heavy atom. The Kier molecular flexibility index (Phi) is 6.61. The van der Waals surface area contributed by atoms with Gasteiger partial charge in [-0.2, -0.15) is 0 Å². The number of H-pyrrole nitrogens is 1. The number of carbonyl (C=O) groups excluding carboxylic acids is 1. The van der Waals surface area contributed by atoms with E-state index >= 15 is 0 Å². The monoisotopic (exact) mass is 417 g/mol. The van der Waals surface area contributed by atoms with E-state index in [0.717, 1.165) is 55.2 Å². The summed E-state index contributed by atoms with van der Waals surface area (Å²) in [5.41, 5.74) is 3.81. The number of morpholine rings is 1. The molecule has 1 saturated heterocycles.